The number of benzene rings is 1. The van der Waals surface area contributed by atoms with Crippen LogP contribution in [0.3, 0.4) is 0 Å². The molecule has 3 aromatic rings. The maximum absolute atomic E-state index is 12.9. The van der Waals surface area contributed by atoms with Gasteiger partial charge >= 0.3 is 0 Å². The second kappa shape index (κ2) is 5.55. The molecule has 0 radical (unpaired) electrons. The van der Waals surface area contributed by atoms with Crippen molar-refractivity contribution < 1.29 is 4.79 Å². The zero-order valence-electron chi connectivity index (χ0n) is 14.5. The molecule has 0 amide bonds. The highest BCUT2D eigenvalue weighted by molar-refractivity contribution is 6.00. The molecule has 0 aliphatic carbocycles. The first-order valence-electron chi connectivity index (χ1n) is 8.32. The van der Waals surface area contributed by atoms with Gasteiger partial charge in [-0.3, -0.25) is 14.0 Å². The van der Waals surface area contributed by atoms with E-state index in [2.05, 4.69) is 17.0 Å². The van der Waals surface area contributed by atoms with Gasteiger partial charge in [0.05, 0.1) is 11.1 Å². The Hall–Kier alpha value is -2.95. The number of aromatic nitrogens is 2. The predicted molar refractivity (Wildman–Crippen MR) is 97.3 cm³/mol. The average molecular weight is 333 g/mol. The molecule has 0 unspecified atom stereocenters. The van der Waals surface area contributed by atoms with Crippen LogP contribution in [0, 0.1) is 13.8 Å². The highest BCUT2D eigenvalue weighted by atomic mass is 16.1. The number of fused-ring (bicyclic) bond motifs is 2. The number of carbonyl (C=O) groups is 1. The van der Waals surface area contributed by atoms with E-state index in [4.69, 9.17) is 4.98 Å². The standard InChI is InChI=1S/C20H19N3O2/c1-12-8-17(14(3)24)19-21-18(13(2)20(25)23(19)9-12)22-10-15-6-4-5-7-16(15)11-22/h4-9H,10-11H2,1-3H3. The lowest BCUT2D eigenvalue weighted by Crippen LogP contribution is -2.26. The summed E-state index contributed by atoms with van der Waals surface area (Å²) < 4.78 is 1.49. The van der Waals surface area contributed by atoms with Crippen molar-refractivity contribution in [2.75, 3.05) is 4.90 Å². The molecular formula is C20H19N3O2. The summed E-state index contributed by atoms with van der Waals surface area (Å²) in [5, 5.41) is 0. The average Bonchev–Trinajstić information content (AvgIpc) is 3.01. The van der Waals surface area contributed by atoms with Crippen LogP contribution in [-0.2, 0) is 13.1 Å². The van der Waals surface area contributed by atoms with E-state index in [-0.39, 0.29) is 11.3 Å². The van der Waals surface area contributed by atoms with Crippen molar-refractivity contribution >= 4 is 17.2 Å². The molecule has 25 heavy (non-hydrogen) atoms. The first-order valence-corrected chi connectivity index (χ1v) is 8.32. The van der Waals surface area contributed by atoms with Crippen molar-refractivity contribution in [3.05, 3.63) is 74.7 Å². The molecule has 1 aromatic carbocycles. The topological polar surface area (TPSA) is 54.7 Å². The molecule has 126 valence electrons. The van der Waals surface area contributed by atoms with Gasteiger partial charge < -0.3 is 4.90 Å². The molecule has 1 aliphatic heterocycles. The molecular weight excluding hydrogens is 314 g/mol. The first-order chi connectivity index (χ1) is 12.0. The number of nitrogens with zero attached hydrogens (tertiary/aromatic N) is 3. The molecule has 0 saturated carbocycles. The van der Waals surface area contributed by atoms with E-state index in [1.807, 2.05) is 19.1 Å². The minimum atomic E-state index is -0.123. The van der Waals surface area contributed by atoms with Gasteiger partial charge in [-0.1, -0.05) is 24.3 Å². The van der Waals surface area contributed by atoms with Crippen molar-refractivity contribution in [2.24, 2.45) is 0 Å². The smallest absolute Gasteiger partial charge is 0.262 e. The molecule has 0 fully saturated rings. The summed E-state index contributed by atoms with van der Waals surface area (Å²) in [6.07, 6.45) is 1.74. The lowest BCUT2D eigenvalue weighted by atomic mass is 10.1. The maximum Gasteiger partial charge on any atom is 0.262 e. The van der Waals surface area contributed by atoms with Crippen LogP contribution in [0.1, 0.15) is 39.5 Å². The first kappa shape index (κ1) is 15.6. The van der Waals surface area contributed by atoms with Gasteiger partial charge in [0.1, 0.15) is 5.82 Å². The van der Waals surface area contributed by atoms with Crippen molar-refractivity contribution in [1.29, 1.82) is 0 Å². The summed E-state index contributed by atoms with van der Waals surface area (Å²) in [5.74, 6) is 0.570. The lowest BCUT2D eigenvalue weighted by Gasteiger charge is -2.20. The summed E-state index contributed by atoms with van der Waals surface area (Å²) in [7, 11) is 0. The Kier molecular flexibility index (Phi) is 3.46. The van der Waals surface area contributed by atoms with E-state index in [1.54, 1.807) is 19.2 Å². The quantitative estimate of drug-likeness (QED) is 0.677. The van der Waals surface area contributed by atoms with Crippen LogP contribution in [0.5, 0.6) is 0 Å². The minimum absolute atomic E-state index is 0.0902. The molecule has 4 rings (SSSR count). The molecule has 0 bridgehead atoms. The van der Waals surface area contributed by atoms with Crippen LogP contribution in [-0.4, -0.2) is 15.2 Å². The van der Waals surface area contributed by atoms with E-state index in [0.717, 1.165) is 18.7 Å². The third kappa shape index (κ3) is 2.43. The van der Waals surface area contributed by atoms with Gasteiger partial charge in [0.2, 0.25) is 0 Å². The van der Waals surface area contributed by atoms with Crippen LogP contribution in [0.4, 0.5) is 5.82 Å². The number of Topliss-reactive ketones (excluding diaryl/α,β-unsaturated/α-hetero) is 1. The lowest BCUT2D eigenvalue weighted by molar-refractivity contribution is 0.101. The maximum atomic E-state index is 12.9. The van der Waals surface area contributed by atoms with E-state index in [0.29, 0.717) is 22.6 Å². The Balaban J connectivity index is 1.93. The summed E-state index contributed by atoms with van der Waals surface area (Å²) in [5.41, 5.74) is 4.75. The molecule has 3 heterocycles. The number of ketones is 1. The van der Waals surface area contributed by atoms with Crippen LogP contribution in [0.2, 0.25) is 0 Å². The fourth-order valence-corrected chi connectivity index (χ4v) is 3.50. The summed E-state index contributed by atoms with van der Waals surface area (Å²) in [6.45, 7) is 6.63. The van der Waals surface area contributed by atoms with Crippen LogP contribution in [0.15, 0.2) is 41.3 Å². The normalized spacial score (nSPS) is 13.3. The van der Waals surface area contributed by atoms with Gasteiger partial charge in [0.25, 0.3) is 5.56 Å². The van der Waals surface area contributed by atoms with Crippen molar-refractivity contribution in [3.63, 3.8) is 0 Å². The van der Waals surface area contributed by atoms with Gasteiger partial charge in [-0.25, -0.2) is 4.98 Å². The van der Waals surface area contributed by atoms with Crippen LogP contribution < -0.4 is 10.5 Å². The van der Waals surface area contributed by atoms with Crippen LogP contribution >= 0.6 is 0 Å². The third-order valence-electron chi connectivity index (χ3n) is 4.78. The highest BCUT2D eigenvalue weighted by Crippen LogP contribution is 2.28. The van der Waals surface area contributed by atoms with Crippen molar-refractivity contribution in [3.8, 4) is 0 Å². The Morgan fingerprint density at radius 2 is 1.76 bits per heavy atom. The minimum Gasteiger partial charge on any atom is -0.347 e. The fourth-order valence-electron chi connectivity index (χ4n) is 3.50. The van der Waals surface area contributed by atoms with E-state index in [9.17, 15) is 9.59 Å². The molecule has 0 N–H and O–H groups in total. The Morgan fingerprint density at radius 3 is 2.36 bits per heavy atom. The molecule has 2 aromatic heterocycles. The van der Waals surface area contributed by atoms with Gasteiger partial charge in [0, 0.05) is 19.3 Å². The Morgan fingerprint density at radius 1 is 1.12 bits per heavy atom. The summed E-state index contributed by atoms with van der Waals surface area (Å²) in [6, 6.07) is 10.0. The van der Waals surface area contributed by atoms with Crippen LogP contribution in [0.25, 0.3) is 5.65 Å². The van der Waals surface area contributed by atoms with Gasteiger partial charge in [-0.15, -0.1) is 0 Å². The summed E-state index contributed by atoms with van der Waals surface area (Å²) >= 11 is 0. The summed E-state index contributed by atoms with van der Waals surface area (Å²) in [4.78, 5) is 31.8. The van der Waals surface area contributed by atoms with Crippen molar-refractivity contribution in [2.45, 2.75) is 33.9 Å². The van der Waals surface area contributed by atoms with E-state index in [1.165, 1.54) is 22.5 Å². The molecule has 0 saturated heterocycles. The number of hydrogen-bond donors (Lipinski definition) is 0. The number of anilines is 1. The zero-order valence-corrected chi connectivity index (χ0v) is 14.5. The zero-order chi connectivity index (χ0) is 17.7. The van der Waals surface area contributed by atoms with Crippen molar-refractivity contribution in [1.82, 2.24) is 9.38 Å². The number of carbonyl (C=O) groups excluding carboxylic acids is 1. The fraction of sp³-hybridized carbons (Fsp3) is 0.250. The predicted octanol–water partition coefficient (Wildman–Crippen LogP) is 3.03. The Labute approximate surface area is 145 Å². The van der Waals surface area contributed by atoms with Gasteiger partial charge in [-0.2, -0.15) is 0 Å². The highest BCUT2D eigenvalue weighted by Gasteiger charge is 2.24. The molecule has 0 spiro atoms. The molecule has 0 atom stereocenters. The third-order valence-corrected chi connectivity index (χ3v) is 4.78. The SMILES string of the molecule is CC(=O)c1cc(C)cn2c(=O)c(C)c(N3Cc4ccccc4C3)nc12. The number of aryl methyl sites for hydroxylation is 1. The Bertz CT molecular complexity index is 1060. The number of hydrogen-bond acceptors (Lipinski definition) is 4. The van der Waals surface area contributed by atoms with Gasteiger partial charge in [0.15, 0.2) is 11.4 Å². The molecule has 5 heteroatoms. The van der Waals surface area contributed by atoms with E-state index >= 15 is 0 Å². The second-order valence-electron chi connectivity index (χ2n) is 6.67. The molecule has 1 aliphatic rings. The second-order valence-corrected chi connectivity index (χ2v) is 6.67. The largest absolute Gasteiger partial charge is 0.347 e. The number of rotatable bonds is 2. The number of pyridine rings is 1. The van der Waals surface area contributed by atoms with E-state index < -0.39 is 0 Å². The monoisotopic (exact) mass is 333 g/mol. The molecule has 5 nitrogen and oxygen atoms in total. The van der Waals surface area contributed by atoms with Gasteiger partial charge in [-0.05, 0) is 43.5 Å².